The monoisotopic (exact) mass is 355 g/mol. The van der Waals surface area contributed by atoms with Crippen molar-refractivity contribution < 1.29 is 0 Å². The Morgan fingerprint density at radius 2 is 1.95 bits per heavy atom. The number of halogens is 1. The molecule has 8 heteroatoms. The summed E-state index contributed by atoms with van der Waals surface area (Å²) in [6.45, 7) is 3.50. The Balaban J connectivity index is 1.76. The number of rotatable bonds is 2. The van der Waals surface area contributed by atoms with Crippen molar-refractivity contribution in [3.63, 3.8) is 0 Å². The van der Waals surface area contributed by atoms with E-state index in [1.54, 1.807) is 24.6 Å². The fourth-order valence-corrected chi connectivity index (χ4v) is 3.54. The SMILES string of the molecule is Cn1ncc(N2CCN(c3nccs3)CC2)c(Br)c1=O. The van der Waals surface area contributed by atoms with Crippen LogP contribution in [-0.2, 0) is 7.05 Å². The Morgan fingerprint density at radius 1 is 1.25 bits per heavy atom. The minimum absolute atomic E-state index is 0.107. The Kier molecular flexibility index (Phi) is 3.75. The molecule has 1 aliphatic rings. The molecule has 1 aliphatic heterocycles. The van der Waals surface area contributed by atoms with Crippen LogP contribution in [-0.4, -0.2) is 40.9 Å². The largest absolute Gasteiger partial charge is 0.366 e. The Bertz CT molecular complexity index is 648. The fraction of sp³-hybridized carbons (Fsp3) is 0.417. The first-order chi connectivity index (χ1) is 9.66. The van der Waals surface area contributed by atoms with E-state index >= 15 is 0 Å². The first kappa shape index (κ1) is 13.6. The smallest absolute Gasteiger partial charge is 0.282 e. The molecule has 0 bridgehead atoms. The molecule has 0 N–H and O–H groups in total. The van der Waals surface area contributed by atoms with E-state index in [0.29, 0.717) is 4.47 Å². The number of hydrogen-bond donors (Lipinski definition) is 0. The maximum Gasteiger partial charge on any atom is 0.282 e. The summed E-state index contributed by atoms with van der Waals surface area (Å²) < 4.78 is 1.91. The third kappa shape index (κ3) is 2.45. The van der Waals surface area contributed by atoms with Gasteiger partial charge in [0.15, 0.2) is 5.13 Å². The molecule has 0 unspecified atom stereocenters. The van der Waals surface area contributed by atoms with Crippen molar-refractivity contribution >= 4 is 38.1 Å². The third-order valence-corrected chi connectivity index (χ3v) is 4.95. The van der Waals surface area contributed by atoms with Gasteiger partial charge >= 0.3 is 0 Å². The van der Waals surface area contributed by atoms with E-state index in [4.69, 9.17) is 0 Å². The summed E-state index contributed by atoms with van der Waals surface area (Å²) in [6, 6.07) is 0. The van der Waals surface area contributed by atoms with Gasteiger partial charge in [0.1, 0.15) is 4.47 Å². The van der Waals surface area contributed by atoms with Gasteiger partial charge in [0.2, 0.25) is 0 Å². The summed E-state index contributed by atoms with van der Waals surface area (Å²) in [4.78, 5) is 20.7. The van der Waals surface area contributed by atoms with Crippen molar-refractivity contribution in [2.24, 2.45) is 7.05 Å². The summed E-state index contributed by atoms with van der Waals surface area (Å²) in [5.74, 6) is 0. The molecule has 3 rings (SSSR count). The normalized spacial score (nSPS) is 15.7. The van der Waals surface area contributed by atoms with Crippen LogP contribution in [0.3, 0.4) is 0 Å². The first-order valence-corrected chi connectivity index (χ1v) is 7.95. The molecular weight excluding hydrogens is 342 g/mol. The lowest BCUT2D eigenvalue weighted by atomic mass is 10.3. The van der Waals surface area contributed by atoms with Crippen LogP contribution in [0.5, 0.6) is 0 Å². The predicted molar refractivity (Wildman–Crippen MR) is 83.7 cm³/mol. The summed E-state index contributed by atoms with van der Waals surface area (Å²) in [7, 11) is 1.65. The van der Waals surface area contributed by atoms with E-state index in [2.05, 4.69) is 35.8 Å². The van der Waals surface area contributed by atoms with Crippen LogP contribution in [0.2, 0.25) is 0 Å². The maximum atomic E-state index is 11.9. The summed E-state index contributed by atoms with van der Waals surface area (Å²) in [5.41, 5.74) is 0.761. The molecule has 1 saturated heterocycles. The number of piperazine rings is 1. The first-order valence-electron chi connectivity index (χ1n) is 6.28. The number of hydrogen-bond acceptors (Lipinski definition) is 6. The van der Waals surface area contributed by atoms with Gasteiger partial charge in [-0.05, 0) is 15.9 Å². The van der Waals surface area contributed by atoms with Gasteiger partial charge in [-0.1, -0.05) is 0 Å². The molecule has 1 fully saturated rings. The number of aromatic nitrogens is 3. The Hall–Kier alpha value is -1.41. The van der Waals surface area contributed by atoms with E-state index in [1.807, 2.05) is 11.6 Å². The van der Waals surface area contributed by atoms with Crippen molar-refractivity contribution in [3.8, 4) is 0 Å². The molecular formula is C12H14BrN5OS. The summed E-state index contributed by atoms with van der Waals surface area (Å²) in [6.07, 6.45) is 3.57. The second-order valence-electron chi connectivity index (χ2n) is 4.56. The molecule has 0 amide bonds. The zero-order valence-corrected chi connectivity index (χ0v) is 13.4. The highest BCUT2D eigenvalue weighted by Crippen LogP contribution is 2.25. The molecule has 0 atom stereocenters. The second-order valence-corrected chi connectivity index (χ2v) is 6.23. The van der Waals surface area contributed by atoms with Crippen molar-refractivity contribution in [1.82, 2.24) is 14.8 Å². The van der Waals surface area contributed by atoms with E-state index in [1.165, 1.54) is 4.68 Å². The fourth-order valence-electron chi connectivity index (χ4n) is 2.23. The minimum atomic E-state index is -0.107. The molecule has 0 aliphatic carbocycles. The predicted octanol–water partition coefficient (Wildman–Crippen LogP) is 1.33. The highest BCUT2D eigenvalue weighted by Gasteiger charge is 2.21. The van der Waals surface area contributed by atoms with E-state index < -0.39 is 0 Å². The zero-order chi connectivity index (χ0) is 14.1. The van der Waals surface area contributed by atoms with Gasteiger partial charge in [0, 0.05) is 44.8 Å². The van der Waals surface area contributed by atoms with Gasteiger partial charge in [-0.3, -0.25) is 4.79 Å². The Morgan fingerprint density at radius 3 is 2.60 bits per heavy atom. The standard InChI is InChI=1S/C12H14BrN5OS/c1-16-11(19)10(13)9(8-15-16)17-3-5-18(6-4-17)12-14-2-7-20-12/h2,7-8H,3-6H2,1H3. The molecule has 0 radical (unpaired) electrons. The van der Waals surface area contributed by atoms with E-state index in [9.17, 15) is 4.79 Å². The van der Waals surface area contributed by atoms with E-state index in [0.717, 1.165) is 37.0 Å². The van der Waals surface area contributed by atoms with Crippen molar-refractivity contribution in [3.05, 3.63) is 32.6 Å². The summed E-state index contributed by atoms with van der Waals surface area (Å²) in [5, 5.41) is 7.14. The molecule has 0 aromatic carbocycles. The highest BCUT2D eigenvalue weighted by atomic mass is 79.9. The average molecular weight is 356 g/mol. The van der Waals surface area contributed by atoms with Crippen LogP contribution in [0, 0.1) is 0 Å². The van der Waals surface area contributed by atoms with Crippen LogP contribution in [0.4, 0.5) is 10.8 Å². The van der Waals surface area contributed by atoms with Crippen molar-refractivity contribution in [2.45, 2.75) is 0 Å². The minimum Gasteiger partial charge on any atom is -0.366 e. The van der Waals surface area contributed by atoms with Gasteiger partial charge in [-0.25, -0.2) is 9.67 Å². The van der Waals surface area contributed by atoms with Gasteiger partial charge in [-0.15, -0.1) is 11.3 Å². The number of anilines is 2. The summed E-state index contributed by atoms with van der Waals surface area (Å²) >= 11 is 5.04. The van der Waals surface area contributed by atoms with Crippen LogP contribution in [0.1, 0.15) is 0 Å². The molecule has 3 heterocycles. The topological polar surface area (TPSA) is 54.3 Å². The molecule has 106 valence electrons. The maximum absolute atomic E-state index is 11.9. The Labute approximate surface area is 128 Å². The number of thiazole rings is 1. The highest BCUT2D eigenvalue weighted by molar-refractivity contribution is 9.10. The molecule has 2 aromatic rings. The van der Waals surface area contributed by atoms with Crippen LogP contribution in [0.25, 0.3) is 0 Å². The van der Waals surface area contributed by atoms with Crippen LogP contribution >= 0.6 is 27.3 Å². The van der Waals surface area contributed by atoms with E-state index in [-0.39, 0.29) is 5.56 Å². The quantitative estimate of drug-likeness (QED) is 0.813. The molecule has 2 aromatic heterocycles. The van der Waals surface area contributed by atoms with Gasteiger partial charge < -0.3 is 9.80 Å². The lowest BCUT2D eigenvalue weighted by molar-refractivity contribution is 0.639. The number of nitrogens with zero attached hydrogens (tertiary/aromatic N) is 5. The average Bonchev–Trinajstić information content (AvgIpc) is 3.00. The second kappa shape index (κ2) is 5.53. The molecule has 0 spiro atoms. The number of aryl methyl sites for hydroxylation is 1. The molecule has 20 heavy (non-hydrogen) atoms. The molecule has 0 saturated carbocycles. The van der Waals surface area contributed by atoms with Gasteiger partial charge in [0.05, 0.1) is 11.9 Å². The van der Waals surface area contributed by atoms with Gasteiger partial charge in [-0.2, -0.15) is 5.10 Å². The van der Waals surface area contributed by atoms with Crippen molar-refractivity contribution in [1.29, 1.82) is 0 Å². The third-order valence-electron chi connectivity index (χ3n) is 3.37. The lowest BCUT2D eigenvalue weighted by Gasteiger charge is -2.36. The lowest BCUT2D eigenvalue weighted by Crippen LogP contribution is -2.47. The zero-order valence-electron chi connectivity index (χ0n) is 11.0. The van der Waals surface area contributed by atoms with Gasteiger partial charge in [0.25, 0.3) is 5.56 Å². The molecule has 6 nitrogen and oxygen atoms in total. The van der Waals surface area contributed by atoms with Crippen LogP contribution in [0.15, 0.2) is 27.0 Å². The van der Waals surface area contributed by atoms with Crippen LogP contribution < -0.4 is 15.4 Å². The van der Waals surface area contributed by atoms with Crippen molar-refractivity contribution in [2.75, 3.05) is 36.0 Å².